The highest BCUT2D eigenvalue weighted by Crippen LogP contribution is 2.28. The zero-order chi connectivity index (χ0) is 19.4. The van der Waals surface area contributed by atoms with Crippen molar-refractivity contribution < 1.29 is 23.8 Å². The molecule has 3 rings (SSSR count). The molecule has 0 saturated heterocycles. The van der Waals surface area contributed by atoms with Gasteiger partial charge in [0.1, 0.15) is 23.7 Å². The van der Waals surface area contributed by atoms with Gasteiger partial charge >= 0.3 is 5.97 Å². The largest absolute Gasteiger partial charge is 0.487 e. The fourth-order valence-electron chi connectivity index (χ4n) is 2.17. The summed E-state index contributed by atoms with van der Waals surface area (Å²) in [6, 6.07) is 8.90. The zero-order valence-electron chi connectivity index (χ0n) is 13.6. The number of rotatable bonds is 7. The predicted molar refractivity (Wildman–Crippen MR) is 95.2 cm³/mol. The number of aromatic nitrogens is 3. The molecule has 0 aliphatic rings. The Labute approximate surface area is 162 Å². The SMILES string of the molecule is O=C(O)COc1ccc(OCc2cn(-c3c(Cl)cccc3Cl)nn2)cc1F. The molecule has 140 valence electrons. The smallest absolute Gasteiger partial charge is 0.341 e. The van der Waals surface area contributed by atoms with Gasteiger partial charge in [0, 0.05) is 6.07 Å². The Kier molecular flexibility index (Phi) is 5.78. The summed E-state index contributed by atoms with van der Waals surface area (Å²) in [6.45, 7) is -0.609. The molecular weight excluding hydrogens is 400 g/mol. The molecule has 1 aromatic heterocycles. The van der Waals surface area contributed by atoms with Gasteiger partial charge in [0.05, 0.1) is 16.2 Å². The summed E-state index contributed by atoms with van der Waals surface area (Å²) in [5, 5.41) is 17.3. The minimum absolute atomic E-state index is 0.0246. The van der Waals surface area contributed by atoms with Crippen LogP contribution < -0.4 is 9.47 Å². The highest BCUT2D eigenvalue weighted by Gasteiger charge is 2.12. The fraction of sp³-hybridized carbons (Fsp3) is 0.118. The van der Waals surface area contributed by atoms with Crippen LogP contribution in [0.2, 0.25) is 10.0 Å². The predicted octanol–water partition coefficient (Wildman–Crippen LogP) is 3.76. The van der Waals surface area contributed by atoms with Gasteiger partial charge in [-0.1, -0.05) is 34.5 Å². The van der Waals surface area contributed by atoms with E-state index >= 15 is 0 Å². The third-order valence-electron chi connectivity index (χ3n) is 3.35. The van der Waals surface area contributed by atoms with E-state index in [1.165, 1.54) is 16.8 Å². The van der Waals surface area contributed by atoms with Crippen LogP contribution in [0.1, 0.15) is 5.69 Å². The number of aliphatic carboxylic acids is 1. The third-order valence-corrected chi connectivity index (χ3v) is 3.96. The lowest BCUT2D eigenvalue weighted by atomic mass is 10.3. The van der Waals surface area contributed by atoms with Crippen molar-refractivity contribution >= 4 is 29.2 Å². The van der Waals surface area contributed by atoms with Crippen molar-refractivity contribution in [3.8, 4) is 17.2 Å². The molecule has 2 aromatic carbocycles. The summed E-state index contributed by atoms with van der Waals surface area (Å²) in [6.07, 6.45) is 1.59. The van der Waals surface area contributed by atoms with Crippen LogP contribution in [0.25, 0.3) is 5.69 Å². The molecule has 27 heavy (non-hydrogen) atoms. The Morgan fingerprint density at radius 3 is 2.59 bits per heavy atom. The maximum absolute atomic E-state index is 13.9. The molecule has 0 saturated carbocycles. The molecule has 0 fully saturated rings. The molecule has 0 unspecified atom stereocenters. The number of carboxylic acid groups (broad SMARTS) is 1. The second-order valence-corrected chi connectivity index (χ2v) is 6.10. The molecule has 1 heterocycles. The second-order valence-electron chi connectivity index (χ2n) is 5.29. The molecule has 0 radical (unpaired) electrons. The first-order chi connectivity index (χ1) is 12.9. The Morgan fingerprint density at radius 2 is 1.93 bits per heavy atom. The molecule has 10 heteroatoms. The van der Waals surface area contributed by atoms with Crippen LogP contribution in [-0.2, 0) is 11.4 Å². The number of hydrogen-bond acceptors (Lipinski definition) is 5. The van der Waals surface area contributed by atoms with Gasteiger partial charge in [0.2, 0.25) is 0 Å². The summed E-state index contributed by atoms with van der Waals surface area (Å²) in [5.74, 6) is -1.89. The monoisotopic (exact) mass is 411 g/mol. The van der Waals surface area contributed by atoms with E-state index < -0.39 is 18.4 Å². The van der Waals surface area contributed by atoms with Crippen molar-refractivity contribution in [3.63, 3.8) is 0 Å². The van der Waals surface area contributed by atoms with E-state index in [-0.39, 0.29) is 18.1 Å². The minimum Gasteiger partial charge on any atom is -0.487 e. The molecule has 0 spiro atoms. The van der Waals surface area contributed by atoms with Gasteiger partial charge in [-0.2, -0.15) is 0 Å². The first-order valence-corrected chi connectivity index (χ1v) is 8.32. The first kappa shape index (κ1) is 18.9. The first-order valence-electron chi connectivity index (χ1n) is 7.56. The van der Waals surface area contributed by atoms with Crippen LogP contribution in [0, 0.1) is 5.82 Å². The van der Waals surface area contributed by atoms with Crippen LogP contribution in [0.4, 0.5) is 4.39 Å². The zero-order valence-corrected chi connectivity index (χ0v) is 15.1. The summed E-state index contributed by atoms with van der Waals surface area (Å²) >= 11 is 12.3. The van der Waals surface area contributed by atoms with Gasteiger partial charge in [-0.15, -0.1) is 5.10 Å². The van der Waals surface area contributed by atoms with Gasteiger partial charge < -0.3 is 14.6 Å². The fourth-order valence-corrected chi connectivity index (χ4v) is 2.74. The van der Waals surface area contributed by atoms with E-state index in [2.05, 4.69) is 10.3 Å². The molecule has 0 aliphatic carbocycles. The van der Waals surface area contributed by atoms with Gasteiger partial charge in [-0.25, -0.2) is 13.9 Å². The van der Waals surface area contributed by atoms with Crippen molar-refractivity contribution in [1.29, 1.82) is 0 Å². The lowest BCUT2D eigenvalue weighted by Gasteiger charge is -2.08. The lowest BCUT2D eigenvalue weighted by Crippen LogP contribution is -2.10. The van der Waals surface area contributed by atoms with Crippen molar-refractivity contribution in [1.82, 2.24) is 15.0 Å². The second kappa shape index (κ2) is 8.24. The van der Waals surface area contributed by atoms with Crippen LogP contribution >= 0.6 is 23.2 Å². The molecule has 0 amide bonds. The number of benzene rings is 2. The number of carboxylic acids is 1. The molecule has 3 aromatic rings. The summed E-state index contributed by atoms with van der Waals surface area (Å²) < 4.78 is 25.6. The molecule has 1 N–H and O–H groups in total. The Hall–Kier alpha value is -2.84. The van der Waals surface area contributed by atoms with E-state index in [1.807, 2.05) is 0 Å². The molecule has 7 nitrogen and oxygen atoms in total. The minimum atomic E-state index is -1.20. The van der Waals surface area contributed by atoms with Crippen LogP contribution in [0.3, 0.4) is 0 Å². The molecule has 0 atom stereocenters. The van der Waals surface area contributed by atoms with Crippen molar-refractivity contribution in [2.24, 2.45) is 0 Å². The normalized spacial score (nSPS) is 10.6. The van der Waals surface area contributed by atoms with E-state index in [9.17, 15) is 9.18 Å². The number of ether oxygens (including phenoxy) is 2. The quantitative estimate of drug-likeness (QED) is 0.636. The Morgan fingerprint density at radius 1 is 1.19 bits per heavy atom. The number of halogens is 3. The van der Waals surface area contributed by atoms with Gasteiger partial charge in [0.15, 0.2) is 18.2 Å². The van der Waals surface area contributed by atoms with Crippen molar-refractivity contribution in [2.75, 3.05) is 6.61 Å². The van der Waals surface area contributed by atoms with Crippen LogP contribution in [-0.4, -0.2) is 32.7 Å². The van der Waals surface area contributed by atoms with Gasteiger partial charge in [0.25, 0.3) is 0 Å². The van der Waals surface area contributed by atoms with Crippen LogP contribution in [0.15, 0.2) is 42.6 Å². The third kappa shape index (κ3) is 4.66. The summed E-state index contributed by atoms with van der Waals surface area (Å²) in [5.41, 5.74) is 0.961. The van der Waals surface area contributed by atoms with Gasteiger partial charge in [-0.05, 0) is 24.3 Å². The Bertz CT molecular complexity index is 960. The highest BCUT2D eigenvalue weighted by molar-refractivity contribution is 6.37. The Balaban J connectivity index is 1.67. The molecule has 0 bridgehead atoms. The average Bonchev–Trinajstić information content (AvgIpc) is 3.07. The number of para-hydroxylation sites is 1. The molecular formula is C17H12Cl2FN3O4. The van der Waals surface area contributed by atoms with Crippen LogP contribution in [0.5, 0.6) is 11.5 Å². The van der Waals surface area contributed by atoms with Crippen molar-refractivity contribution in [3.05, 3.63) is 64.2 Å². The standard InChI is InChI=1S/C17H12Cl2FN3O4/c18-12-2-1-3-13(19)17(12)23-7-10(21-22-23)8-26-11-4-5-15(14(20)6-11)27-9-16(24)25/h1-7H,8-9H2,(H,24,25). The maximum Gasteiger partial charge on any atom is 0.341 e. The molecule has 0 aliphatic heterocycles. The van der Waals surface area contributed by atoms with E-state index in [0.29, 0.717) is 21.4 Å². The average molecular weight is 412 g/mol. The van der Waals surface area contributed by atoms with E-state index in [1.54, 1.807) is 24.4 Å². The number of carbonyl (C=O) groups is 1. The van der Waals surface area contributed by atoms with Crippen molar-refractivity contribution in [2.45, 2.75) is 6.61 Å². The number of hydrogen-bond donors (Lipinski definition) is 1. The highest BCUT2D eigenvalue weighted by atomic mass is 35.5. The topological polar surface area (TPSA) is 86.5 Å². The lowest BCUT2D eigenvalue weighted by molar-refractivity contribution is -0.139. The van der Waals surface area contributed by atoms with E-state index in [0.717, 1.165) is 6.07 Å². The summed E-state index contributed by atoms with van der Waals surface area (Å²) in [4.78, 5) is 10.5. The summed E-state index contributed by atoms with van der Waals surface area (Å²) in [7, 11) is 0. The van der Waals surface area contributed by atoms with E-state index in [4.69, 9.17) is 37.8 Å². The number of nitrogens with zero attached hydrogens (tertiary/aromatic N) is 3. The maximum atomic E-state index is 13.9. The van der Waals surface area contributed by atoms with Gasteiger partial charge in [-0.3, -0.25) is 0 Å².